The van der Waals surface area contributed by atoms with Crippen LogP contribution in [0, 0.1) is 0 Å². The van der Waals surface area contributed by atoms with E-state index in [-0.39, 0.29) is 0 Å². The molecule has 1 fully saturated rings. The molecule has 0 aliphatic carbocycles. The largest absolute Gasteiger partial charge is 0.481 e. The molecule has 1 saturated heterocycles. The SMILES string of the molecule is C1CNCCNCCNCCN1.CC(=O)O.CC(=O)O.CC(=O)O.CC(=O)O. The highest BCUT2D eigenvalue weighted by Gasteiger charge is 1.92. The maximum atomic E-state index is 9.00. The summed E-state index contributed by atoms with van der Waals surface area (Å²) >= 11 is 0. The fourth-order valence-corrected chi connectivity index (χ4v) is 1.21. The summed E-state index contributed by atoms with van der Waals surface area (Å²) in [7, 11) is 0. The van der Waals surface area contributed by atoms with Gasteiger partial charge in [-0.1, -0.05) is 0 Å². The van der Waals surface area contributed by atoms with Crippen LogP contribution in [-0.4, -0.2) is 96.7 Å². The van der Waals surface area contributed by atoms with Crippen molar-refractivity contribution in [3.63, 3.8) is 0 Å². The Morgan fingerprint density at radius 3 is 0.571 bits per heavy atom. The van der Waals surface area contributed by atoms with Gasteiger partial charge in [-0.25, -0.2) is 0 Å². The van der Waals surface area contributed by atoms with Crippen molar-refractivity contribution in [2.24, 2.45) is 0 Å². The molecule has 0 aromatic carbocycles. The van der Waals surface area contributed by atoms with Crippen LogP contribution in [-0.2, 0) is 19.2 Å². The Balaban J connectivity index is -0.000000150. The van der Waals surface area contributed by atoms with E-state index in [1.54, 1.807) is 0 Å². The Morgan fingerprint density at radius 1 is 0.429 bits per heavy atom. The lowest BCUT2D eigenvalue weighted by Crippen LogP contribution is -2.39. The summed E-state index contributed by atoms with van der Waals surface area (Å²) in [6.07, 6.45) is 0. The van der Waals surface area contributed by atoms with E-state index in [0.717, 1.165) is 80.1 Å². The summed E-state index contributed by atoms with van der Waals surface area (Å²) in [4.78, 5) is 36.0. The minimum Gasteiger partial charge on any atom is -0.481 e. The molecule has 0 aromatic heterocycles. The Morgan fingerprint density at radius 2 is 0.500 bits per heavy atom. The molecule has 8 N–H and O–H groups in total. The van der Waals surface area contributed by atoms with E-state index < -0.39 is 23.9 Å². The number of carboxylic acid groups (broad SMARTS) is 4. The van der Waals surface area contributed by atoms with Gasteiger partial charge in [0.05, 0.1) is 0 Å². The number of rotatable bonds is 0. The summed E-state index contributed by atoms with van der Waals surface area (Å²) in [5, 5.41) is 43.1. The van der Waals surface area contributed by atoms with Crippen LogP contribution < -0.4 is 21.3 Å². The van der Waals surface area contributed by atoms with E-state index in [1.807, 2.05) is 0 Å². The van der Waals surface area contributed by atoms with Crippen molar-refractivity contribution in [3.05, 3.63) is 0 Å². The van der Waals surface area contributed by atoms with Gasteiger partial charge in [-0.05, 0) is 0 Å². The maximum Gasteiger partial charge on any atom is 0.300 e. The summed E-state index contributed by atoms with van der Waals surface area (Å²) in [5.74, 6) is -3.33. The summed E-state index contributed by atoms with van der Waals surface area (Å²) in [6.45, 7) is 12.9. The minimum absolute atomic E-state index is 0.833. The molecule has 12 nitrogen and oxygen atoms in total. The smallest absolute Gasteiger partial charge is 0.300 e. The van der Waals surface area contributed by atoms with Crippen molar-refractivity contribution in [1.82, 2.24) is 21.3 Å². The molecule has 0 aromatic rings. The quantitative estimate of drug-likeness (QED) is 0.235. The fourth-order valence-electron chi connectivity index (χ4n) is 1.21. The van der Waals surface area contributed by atoms with Crippen molar-refractivity contribution in [2.75, 3.05) is 52.4 Å². The van der Waals surface area contributed by atoms with E-state index >= 15 is 0 Å². The van der Waals surface area contributed by atoms with Crippen molar-refractivity contribution in [2.45, 2.75) is 27.7 Å². The number of hydrogen-bond donors (Lipinski definition) is 8. The lowest BCUT2D eigenvalue weighted by molar-refractivity contribution is -0.135. The van der Waals surface area contributed by atoms with Crippen LogP contribution in [0.5, 0.6) is 0 Å². The Kier molecular flexibility index (Phi) is 35.1. The second kappa shape index (κ2) is 29.5. The third-order valence-electron chi connectivity index (χ3n) is 1.91. The third kappa shape index (κ3) is 130. The molecular formula is C16H36N4O8. The molecule has 0 spiro atoms. The first-order valence-electron chi connectivity index (χ1n) is 8.54. The second-order valence-electron chi connectivity index (χ2n) is 5.08. The zero-order valence-corrected chi connectivity index (χ0v) is 17.1. The van der Waals surface area contributed by atoms with Gasteiger partial charge in [0.15, 0.2) is 0 Å². The second-order valence-corrected chi connectivity index (χ2v) is 5.08. The van der Waals surface area contributed by atoms with Gasteiger partial charge in [-0.3, -0.25) is 19.2 Å². The van der Waals surface area contributed by atoms with Crippen molar-refractivity contribution >= 4 is 23.9 Å². The Bertz CT molecular complexity index is 288. The molecular weight excluding hydrogens is 376 g/mol. The third-order valence-corrected chi connectivity index (χ3v) is 1.91. The van der Waals surface area contributed by atoms with Crippen LogP contribution in [0.15, 0.2) is 0 Å². The minimum atomic E-state index is -0.833. The Hall–Kier alpha value is -2.28. The first kappa shape index (κ1) is 33.3. The number of carbonyl (C=O) groups is 4. The van der Waals surface area contributed by atoms with Gasteiger partial charge in [-0.2, -0.15) is 0 Å². The standard InChI is InChI=1S/C8H20N4.4C2H4O2/c1-2-10-5-6-12-8-7-11-4-3-9-1;4*1-2(3)4/h9-12H,1-8H2;4*1H3,(H,3,4). The monoisotopic (exact) mass is 412 g/mol. The van der Waals surface area contributed by atoms with Crippen LogP contribution in [0.1, 0.15) is 27.7 Å². The topological polar surface area (TPSA) is 197 Å². The number of nitrogens with one attached hydrogen (secondary N) is 4. The lowest BCUT2D eigenvalue weighted by Gasteiger charge is -2.11. The van der Waals surface area contributed by atoms with Crippen LogP contribution >= 0.6 is 0 Å². The van der Waals surface area contributed by atoms with E-state index in [2.05, 4.69) is 21.3 Å². The molecule has 0 amide bonds. The van der Waals surface area contributed by atoms with Crippen LogP contribution in [0.4, 0.5) is 0 Å². The maximum absolute atomic E-state index is 9.00. The highest BCUT2D eigenvalue weighted by atomic mass is 16.4. The number of carboxylic acids is 4. The predicted octanol–water partition coefficient (Wildman–Crippen LogP) is -1.28. The molecule has 1 aliphatic rings. The van der Waals surface area contributed by atoms with Gasteiger partial charge in [0.2, 0.25) is 0 Å². The molecule has 28 heavy (non-hydrogen) atoms. The molecule has 0 radical (unpaired) electrons. The first-order chi connectivity index (χ1) is 12.9. The highest BCUT2D eigenvalue weighted by molar-refractivity contribution is 5.63. The normalized spacial score (nSPS) is 13.9. The van der Waals surface area contributed by atoms with Gasteiger partial charge in [-0.15, -0.1) is 0 Å². The molecule has 0 unspecified atom stereocenters. The zero-order chi connectivity index (χ0) is 22.8. The molecule has 1 aliphatic heterocycles. The van der Waals surface area contributed by atoms with E-state index in [1.165, 1.54) is 0 Å². The summed E-state index contributed by atoms with van der Waals surface area (Å²) < 4.78 is 0. The molecule has 0 saturated carbocycles. The molecule has 1 rings (SSSR count). The zero-order valence-electron chi connectivity index (χ0n) is 17.1. The highest BCUT2D eigenvalue weighted by Crippen LogP contribution is 1.66. The average Bonchev–Trinajstić information content (AvgIpc) is 2.45. The lowest BCUT2D eigenvalue weighted by atomic mass is 10.4. The van der Waals surface area contributed by atoms with E-state index in [0.29, 0.717) is 0 Å². The average molecular weight is 412 g/mol. The molecule has 168 valence electrons. The van der Waals surface area contributed by atoms with Gasteiger partial charge < -0.3 is 41.7 Å². The fraction of sp³-hybridized carbons (Fsp3) is 0.750. The van der Waals surface area contributed by atoms with E-state index in [9.17, 15) is 0 Å². The predicted molar refractivity (Wildman–Crippen MR) is 105 cm³/mol. The Labute approximate surface area is 165 Å². The van der Waals surface area contributed by atoms with Crippen LogP contribution in [0.3, 0.4) is 0 Å². The molecule has 0 atom stereocenters. The van der Waals surface area contributed by atoms with Crippen LogP contribution in [0.25, 0.3) is 0 Å². The first-order valence-corrected chi connectivity index (χ1v) is 8.54. The van der Waals surface area contributed by atoms with Gasteiger partial charge in [0.25, 0.3) is 23.9 Å². The number of aliphatic carboxylic acids is 4. The van der Waals surface area contributed by atoms with Crippen molar-refractivity contribution < 1.29 is 39.6 Å². The summed E-state index contributed by atoms with van der Waals surface area (Å²) in [5.41, 5.74) is 0. The van der Waals surface area contributed by atoms with Crippen molar-refractivity contribution in [1.29, 1.82) is 0 Å². The van der Waals surface area contributed by atoms with Crippen molar-refractivity contribution in [3.8, 4) is 0 Å². The molecule has 1 heterocycles. The number of hydrogen-bond acceptors (Lipinski definition) is 8. The molecule has 12 heteroatoms. The molecule has 0 bridgehead atoms. The van der Waals surface area contributed by atoms with Crippen LogP contribution in [0.2, 0.25) is 0 Å². The summed E-state index contributed by atoms with van der Waals surface area (Å²) in [6, 6.07) is 0. The van der Waals surface area contributed by atoms with Gasteiger partial charge in [0, 0.05) is 80.1 Å². The van der Waals surface area contributed by atoms with E-state index in [4.69, 9.17) is 39.6 Å². The van der Waals surface area contributed by atoms with Gasteiger partial charge >= 0.3 is 0 Å². The van der Waals surface area contributed by atoms with Gasteiger partial charge in [0.1, 0.15) is 0 Å².